The lowest BCUT2D eigenvalue weighted by atomic mass is 10.1. The lowest BCUT2D eigenvalue weighted by molar-refractivity contribution is -0.142. The minimum Gasteiger partial charge on any atom is -0.444 e. The molecule has 1 unspecified atom stereocenters. The molecule has 4 aliphatic rings. The molecule has 5 atom stereocenters. The summed E-state index contributed by atoms with van der Waals surface area (Å²) in [5, 5.41) is 4.44. The molecule has 0 aromatic heterocycles. The first kappa shape index (κ1) is 40.2. The first-order valence-electron chi connectivity index (χ1n) is 17.8. The number of likely N-dealkylation sites (N-methyl/N-ethyl adjacent to an activating group) is 1. The minimum atomic E-state index is -3.98. The Morgan fingerprint density at radius 2 is 1.83 bits per heavy atom. The summed E-state index contributed by atoms with van der Waals surface area (Å²) in [6.45, 7) is 13.1. The Hall–Kier alpha value is -5.00. The average molecular weight is 775 g/mol. The van der Waals surface area contributed by atoms with Crippen LogP contribution in [0.5, 0.6) is 0 Å². The van der Waals surface area contributed by atoms with Crippen molar-refractivity contribution in [3.05, 3.63) is 60.5 Å². The Morgan fingerprint density at radius 3 is 2.41 bits per heavy atom. The number of amides is 6. The summed E-state index contributed by atoms with van der Waals surface area (Å²) in [5.74, 6) is -4.28. The van der Waals surface area contributed by atoms with Crippen molar-refractivity contribution in [2.75, 3.05) is 19.6 Å². The topological polar surface area (TPSA) is 201 Å². The van der Waals surface area contributed by atoms with Gasteiger partial charge < -0.3 is 29.9 Å². The predicted octanol–water partition coefficient (Wildman–Crippen LogP) is 1.84. The van der Waals surface area contributed by atoms with E-state index in [4.69, 9.17) is 9.47 Å². The average Bonchev–Trinajstić information content (AvgIpc) is 3.99. The third kappa shape index (κ3) is 8.85. The fourth-order valence-electron chi connectivity index (χ4n) is 6.68. The molecule has 16 nitrogen and oxygen atoms in total. The second kappa shape index (κ2) is 15.4. The smallest absolute Gasteiger partial charge is 0.410 e. The summed E-state index contributed by atoms with van der Waals surface area (Å²) < 4.78 is 53.0. The van der Waals surface area contributed by atoms with E-state index in [2.05, 4.69) is 28.5 Å². The van der Waals surface area contributed by atoms with Crippen LogP contribution in [0, 0.1) is 11.7 Å². The number of hydrogen-bond acceptors (Lipinski definition) is 10. The molecule has 0 spiro atoms. The van der Waals surface area contributed by atoms with E-state index in [1.54, 1.807) is 33.8 Å². The number of nitrogens with one attached hydrogen (secondary N) is 3. The summed E-state index contributed by atoms with van der Waals surface area (Å²) in [7, 11) is -3.98. The number of hydrogen-bond donors (Lipinski definition) is 3. The van der Waals surface area contributed by atoms with Gasteiger partial charge in [-0.1, -0.05) is 24.8 Å². The van der Waals surface area contributed by atoms with Gasteiger partial charge in [0.1, 0.15) is 35.1 Å². The van der Waals surface area contributed by atoms with E-state index in [-0.39, 0.29) is 45.6 Å². The number of carbonyl (C=O) groups excluding carboxylic acids is 6. The van der Waals surface area contributed by atoms with Crippen LogP contribution in [0.3, 0.4) is 0 Å². The van der Waals surface area contributed by atoms with Crippen LogP contribution < -0.4 is 15.4 Å². The van der Waals surface area contributed by atoms with Crippen molar-refractivity contribution in [2.24, 2.45) is 5.92 Å². The zero-order valence-corrected chi connectivity index (χ0v) is 31.6. The number of alkyl carbamates (subject to hydrolysis) is 1. The number of rotatable bonds is 13. The van der Waals surface area contributed by atoms with Gasteiger partial charge in [0.2, 0.25) is 27.7 Å². The molecule has 1 saturated heterocycles. The SMILES string of the molecule is C=CC(=O)N(CC)C[C@H](NC(=O)OC(C)(C)C)C(=O)N1CC(OC(=O)N2Cc3cccc(F)c3C2)C[C@H]1C(=O)N[C@]1(C(=O)NS(=O)(=O)C2CC2)C[C@H]1C=C. The monoisotopic (exact) mass is 774 g/mol. The fourth-order valence-corrected chi connectivity index (χ4v) is 8.04. The zero-order valence-electron chi connectivity index (χ0n) is 30.8. The molecule has 0 radical (unpaired) electrons. The zero-order chi connectivity index (χ0) is 39.7. The van der Waals surface area contributed by atoms with Gasteiger partial charge in [-0.25, -0.2) is 22.4 Å². The maximum absolute atomic E-state index is 14.4. The Kier molecular flexibility index (Phi) is 11.5. The fraction of sp³-hybridized carbons (Fsp3) is 0.556. The summed E-state index contributed by atoms with van der Waals surface area (Å²) in [6, 6.07) is 1.64. The van der Waals surface area contributed by atoms with Crippen LogP contribution >= 0.6 is 0 Å². The lowest BCUT2D eigenvalue weighted by Gasteiger charge is -2.32. The summed E-state index contributed by atoms with van der Waals surface area (Å²) >= 11 is 0. The van der Waals surface area contributed by atoms with Gasteiger partial charge in [-0.2, -0.15) is 0 Å². The standard InChI is InChI=1S/C36H47FN6O10S/c1-7-22-16-36(22,32(47)40-54(50,51)24-13-14-24)39-30(45)28-15-23(52-34(49)42-17-21-11-10-12-26(37)25(21)19-42)18-43(28)31(46)27(20-41(9-3)29(44)8-2)38-33(48)53-35(4,5)6/h7-8,10-12,22-24,27-28H,1-2,9,13-20H2,3-6H3,(H,38,48)(H,39,45)(H,40,47)/t22-,23?,27+,28+,36-/m1/s1. The number of nitrogens with zero attached hydrogens (tertiary/aromatic N) is 3. The molecule has 1 aromatic rings. The van der Waals surface area contributed by atoms with Gasteiger partial charge in [0.15, 0.2) is 0 Å². The van der Waals surface area contributed by atoms with E-state index in [9.17, 15) is 41.6 Å². The normalized spacial score (nSPS) is 23.7. The molecule has 3 N–H and O–H groups in total. The molecule has 2 saturated carbocycles. The molecule has 18 heteroatoms. The molecule has 294 valence electrons. The minimum absolute atomic E-state index is 0.0391. The number of sulfonamides is 1. The Morgan fingerprint density at radius 1 is 1.13 bits per heavy atom. The Bertz CT molecular complexity index is 1850. The third-order valence-corrected chi connectivity index (χ3v) is 11.6. The summed E-state index contributed by atoms with van der Waals surface area (Å²) in [5.41, 5.74) is -1.69. The Balaban J connectivity index is 1.41. The number of halogens is 1. The second-order valence-corrected chi connectivity index (χ2v) is 16.9. The third-order valence-electron chi connectivity index (χ3n) is 9.81. The molecule has 2 heterocycles. The van der Waals surface area contributed by atoms with Gasteiger partial charge in [-0.15, -0.1) is 6.58 Å². The Labute approximate surface area is 313 Å². The highest BCUT2D eigenvalue weighted by Crippen LogP contribution is 2.45. The number of fused-ring (bicyclic) bond motifs is 1. The van der Waals surface area contributed by atoms with Crippen molar-refractivity contribution in [1.82, 2.24) is 30.1 Å². The predicted molar refractivity (Wildman–Crippen MR) is 191 cm³/mol. The van der Waals surface area contributed by atoms with E-state index < -0.39 is 92.2 Å². The molecule has 5 rings (SSSR count). The summed E-state index contributed by atoms with van der Waals surface area (Å²) in [4.78, 5) is 84.7. The molecule has 0 bridgehead atoms. The van der Waals surface area contributed by atoms with Crippen molar-refractivity contribution >= 4 is 45.8 Å². The van der Waals surface area contributed by atoms with Crippen LogP contribution in [-0.4, -0.2) is 113 Å². The van der Waals surface area contributed by atoms with Crippen molar-refractivity contribution in [3.8, 4) is 0 Å². The van der Waals surface area contributed by atoms with Crippen molar-refractivity contribution in [2.45, 2.75) is 101 Å². The molecular weight excluding hydrogens is 727 g/mol. The largest absolute Gasteiger partial charge is 0.444 e. The van der Waals surface area contributed by atoms with Gasteiger partial charge in [0.05, 0.1) is 24.9 Å². The lowest BCUT2D eigenvalue weighted by Crippen LogP contribution is -2.60. The molecular formula is C36H47FN6O10S. The van der Waals surface area contributed by atoms with E-state index >= 15 is 0 Å². The maximum Gasteiger partial charge on any atom is 0.410 e. The van der Waals surface area contributed by atoms with Crippen LogP contribution in [0.4, 0.5) is 14.0 Å². The van der Waals surface area contributed by atoms with E-state index in [1.807, 2.05) is 0 Å². The quantitative estimate of drug-likeness (QED) is 0.196. The number of carbonyl (C=O) groups is 6. The van der Waals surface area contributed by atoms with Crippen LogP contribution in [0.25, 0.3) is 0 Å². The first-order valence-corrected chi connectivity index (χ1v) is 19.3. The van der Waals surface area contributed by atoms with Crippen molar-refractivity contribution in [1.29, 1.82) is 0 Å². The van der Waals surface area contributed by atoms with Gasteiger partial charge in [0.25, 0.3) is 5.91 Å². The number of ether oxygens (including phenoxy) is 2. The van der Waals surface area contributed by atoms with Crippen LogP contribution in [0.1, 0.15) is 64.5 Å². The van der Waals surface area contributed by atoms with Crippen LogP contribution in [0.15, 0.2) is 43.5 Å². The summed E-state index contributed by atoms with van der Waals surface area (Å²) in [6.07, 6.45) is 0.159. The highest BCUT2D eigenvalue weighted by atomic mass is 32.2. The molecule has 54 heavy (non-hydrogen) atoms. The molecule has 6 amide bonds. The van der Waals surface area contributed by atoms with Crippen molar-refractivity contribution < 1.29 is 51.0 Å². The van der Waals surface area contributed by atoms with Crippen LogP contribution in [-0.2, 0) is 51.8 Å². The molecule has 2 aliphatic heterocycles. The number of likely N-dealkylation sites (tertiary alicyclic amines) is 1. The second-order valence-electron chi connectivity index (χ2n) is 14.9. The highest BCUT2D eigenvalue weighted by Gasteiger charge is 2.62. The van der Waals surface area contributed by atoms with E-state index in [1.165, 1.54) is 28.0 Å². The van der Waals surface area contributed by atoms with Crippen LogP contribution in [0.2, 0.25) is 0 Å². The highest BCUT2D eigenvalue weighted by molar-refractivity contribution is 7.91. The van der Waals surface area contributed by atoms with E-state index in [0.717, 1.165) is 11.0 Å². The van der Waals surface area contributed by atoms with Crippen molar-refractivity contribution in [3.63, 3.8) is 0 Å². The van der Waals surface area contributed by atoms with Gasteiger partial charge in [-0.3, -0.25) is 28.8 Å². The van der Waals surface area contributed by atoms with Gasteiger partial charge in [0, 0.05) is 31.0 Å². The molecule has 2 aliphatic carbocycles. The first-order chi connectivity index (χ1) is 25.3. The number of benzene rings is 1. The molecule has 3 fully saturated rings. The maximum atomic E-state index is 14.4. The van der Waals surface area contributed by atoms with E-state index in [0.29, 0.717) is 24.0 Å². The van der Waals surface area contributed by atoms with Gasteiger partial charge >= 0.3 is 12.2 Å². The molecule has 1 aromatic carbocycles. The van der Waals surface area contributed by atoms with Gasteiger partial charge in [-0.05, 0) is 64.7 Å².